The predicted molar refractivity (Wildman–Crippen MR) is 95.6 cm³/mol. The first kappa shape index (κ1) is 18.2. The fourth-order valence-corrected chi connectivity index (χ4v) is 3.07. The standard InChI is InChI=1S/C20H23FN2O3/c1-13-7-8-14(12-15(13)21)20(23-18(24)26-19(2,3)4)9-11-25-16-6-5-10-22-17(16)20/h5-8,10,12H,9,11H2,1-4H3,(H,23,24)/t20-/m0/s1. The average molecular weight is 358 g/mol. The molecule has 1 aromatic heterocycles. The normalized spacial score (nSPS) is 19.3. The highest BCUT2D eigenvalue weighted by molar-refractivity contribution is 5.71. The van der Waals surface area contributed by atoms with E-state index in [2.05, 4.69) is 10.3 Å². The van der Waals surface area contributed by atoms with Crippen LogP contribution in [0.1, 0.15) is 44.0 Å². The van der Waals surface area contributed by atoms with E-state index in [9.17, 15) is 9.18 Å². The molecule has 2 heterocycles. The Labute approximate surface area is 152 Å². The van der Waals surface area contributed by atoms with Crippen LogP contribution in [0.25, 0.3) is 0 Å². The number of rotatable bonds is 2. The molecule has 0 radical (unpaired) electrons. The first-order valence-corrected chi connectivity index (χ1v) is 8.57. The van der Waals surface area contributed by atoms with Gasteiger partial charge in [-0.3, -0.25) is 4.98 Å². The molecule has 3 rings (SSSR count). The minimum absolute atomic E-state index is 0.336. The van der Waals surface area contributed by atoms with Crippen molar-refractivity contribution in [2.24, 2.45) is 0 Å². The molecule has 26 heavy (non-hydrogen) atoms. The molecule has 1 aromatic carbocycles. The number of hydrogen-bond acceptors (Lipinski definition) is 4. The van der Waals surface area contributed by atoms with Crippen molar-refractivity contribution in [2.45, 2.75) is 45.3 Å². The molecule has 0 spiro atoms. The third kappa shape index (κ3) is 3.49. The number of carbonyl (C=O) groups excluding carboxylic acids is 1. The van der Waals surface area contributed by atoms with Gasteiger partial charge in [0.15, 0.2) is 0 Å². The zero-order valence-corrected chi connectivity index (χ0v) is 15.4. The SMILES string of the molecule is Cc1ccc([C@@]2(NC(=O)OC(C)(C)C)CCOc3cccnc32)cc1F. The van der Waals surface area contributed by atoms with Crippen molar-refractivity contribution in [1.29, 1.82) is 0 Å². The molecule has 0 aliphatic carbocycles. The van der Waals surface area contributed by atoms with Crippen molar-refractivity contribution in [3.8, 4) is 5.75 Å². The zero-order valence-electron chi connectivity index (χ0n) is 15.4. The molecule has 1 aliphatic rings. The van der Waals surface area contributed by atoms with Crippen LogP contribution in [-0.2, 0) is 10.3 Å². The highest BCUT2D eigenvalue weighted by Crippen LogP contribution is 2.41. The van der Waals surface area contributed by atoms with Crippen LogP contribution in [0.2, 0.25) is 0 Å². The molecule has 1 N–H and O–H groups in total. The molecule has 0 fully saturated rings. The van der Waals surface area contributed by atoms with Gasteiger partial charge in [-0.1, -0.05) is 12.1 Å². The number of ether oxygens (including phenoxy) is 2. The number of nitrogens with one attached hydrogen (secondary N) is 1. The molecule has 2 aromatic rings. The Hall–Kier alpha value is -2.63. The van der Waals surface area contributed by atoms with Crippen LogP contribution in [0.4, 0.5) is 9.18 Å². The maximum absolute atomic E-state index is 14.3. The lowest BCUT2D eigenvalue weighted by atomic mass is 9.81. The number of aromatic nitrogens is 1. The van der Waals surface area contributed by atoms with Crippen LogP contribution < -0.4 is 10.1 Å². The highest BCUT2D eigenvalue weighted by Gasteiger charge is 2.43. The van der Waals surface area contributed by atoms with Gasteiger partial charge < -0.3 is 14.8 Å². The van der Waals surface area contributed by atoms with Crippen molar-refractivity contribution in [3.63, 3.8) is 0 Å². The molecular formula is C20H23FN2O3. The largest absolute Gasteiger partial charge is 0.491 e. The summed E-state index contributed by atoms with van der Waals surface area (Å²) < 4.78 is 25.4. The van der Waals surface area contributed by atoms with Crippen LogP contribution in [0.5, 0.6) is 5.75 Å². The van der Waals surface area contributed by atoms with E-state index in [1.54, 1.807) is 58.2 Å². The minimum Gasteiger partial charge on any atom is -0.491 e. The first-order valence-electron chi connectivity index (χ1n) is 8.57. The van der Waals surface area contributed by atoms with Crippen molar-refractivity contribution < 1.29 is 18.7 Å². The number of carbonyl (C=O) groups is 1. The number of pyridine rings is 1. The Balaban J connectivity index is 2.11. The maximum Gasteiger partial charge on any atom is 0.408 e. The summed E-state index contributed by atoms with van der Waals surface area (Å²) in [5.41, 5.74) is 0.0118. The number of benzene rings is 1. The number of alkyl carbamates (subject to hydrolysis) is 1. The van der Waals surface area contributed by atoms with Gasteiger partial charge in [-0.05, 0) is 57.0 Å². The molecule has 1 aliphatic heterocycles. The molecule has 1 amide bonds. The number of aryl methyl sites for hydroxylation is 1. The molecule has 0 unspecified atom stereocenters. The molecule has 0 saturated carbocycles. The van der Waals surface area contributed by atoms with E-state index in [0.29, 0.717) is 35.6 Å². The lowest BCUT2D eigenvalue weighted by Gasteiger charge is -2.39. The Morgan fingerprint density at radius 3 is 2.81 bits per heavy atom. The number of amides is 1. The summed E-state index contributed by atoms with van der Waals surface area (Å²) in [6.07, 6.45) is 1.46. The van der Waals surface area contributed by atoms with Gasteiger partial charge in [-0.2, -0.15) is 0 Å². The Kier molecular flexibility index (Phi) is 4.61. The van der Waals surface area contributed by atoms with Gasteiger partial charge in [0.2, 0.25) is 0 Å². The molecule has 0 bridgehead atoms. The quantitative estimate of drug-likeness (QED) is 0.879. The Morgan fingerprint density at radius 2 is 2.12 bits per heavy atom. The van der Waals surface area contributed by atoms with E-state index in [0.717, 1.165) is 0 Å². The number of hydrogen-bond donors (Lipinski definition) is 1. The van der Waals surface area contributed by atoms with E-state index >= 15 is 0 Å². The topological polar surface area (TPSA) is 60.5 Å². The van der Waals surface area contributed by atoms with Crippen molar-refractivity contribution in [3.05, 3.63) is 59.2 Å². The monoisotopic (exact) mass is 358 g/mol. The smallest absolute Gasteiger partial charge is 0.408 e. The second-order valence-corrected chi connectivity index (χ2v) is 7.44. The predicted octanol–water partition coefficient (Wildman–Crippen LogP) is 4.08. The van der Waals surface area contributed by atoms with Crippen molar-refractivity contribution in [1.82, 2.24) is 10.3 Å². The second-order valence-electron chi connectivity index (χ2n) is 7.44. The fourth-order valence-electron chi connectivity index (χ4n) is 3.07. The van der Waals surface area contributed by atoms with Gasteiger partial charge in [0.05, 0.1) is 6.61 Å². The molecule has 1 atom stereocenters. The third-order valence-electron chi connectivity index (χ3n) is 4.29. The van der Waals surface area contributed by atoms with E-state index in [4.69, 9.17) is 9.47 Å². The van der Waals surface area contributed by atoms with E-state index < -0.39 is 17.2 Å². The summed E-state index contributed by atoms with van der Waals surface area (Å²) in [6, 6.07) is 8.49. The molecule has 138 valence electrons. The van der Waals surface area contributed by atoms with Crippen LogP contribution in [0, 0.1) is 12.7 Å². The average Bonchev–Trinajstić information content (AvgIpc) is 2.56. The summed E-state index contributed by atoms with van der Waals surface area (Å²) in [7, 11) is 0. The van der Waals surface area contributed by atoms with Crippen LogP contribution >= 0.6 is 0 Å². The van der Waals surface area contributed by atoms with Gasteiger partial charge in [0, 0.05) is 12.6 Å². The molecule has 0 saturated heterocycles. The fraction of sp³-hybridized carbons (Fsp3) is 0.400. The van der Waals surface area contributed by atoms with E-state index in [1.165, 1.54) is 6.07 Å². The zero-order chi connectivity index (χ0) is 18.9. The Morgan fingerprint density at radius 1 is 1.35 bits per heavy atom. The van der Waals surface area contributed by atoms with Crippen LogP contribution in [0.3, 0.4) is 0 Å². The summed E-state index contributed by atoms with van der Waals surface area (Å²) in [6.45, 7) is 7.44. The van der Waals surface area contributed by atoms with Crippen LogP contribution in [-0.4, -0.2) is 23.3 Å². The molecule has 6 heteroatoms. The summed E-state index contributed by atoms with van der Waals surface area (Å²) >= 11 is 0. The first-order chi connectivity index (χ1) is 12.2. The summed E-state index contributed by atoms with van der Waals surface area (Å²) in [5, 5.41) is 2.94. The lowest BCUT2D eigenvalue weighted by Crippen LogP contribution is -2.51. The van der Waals surface area contributed by atoms with Gasteiger partial charge in [0.25, 0.3) is 0 Å². The second kappa shape index (κ2) is 6.59. The number of halogens is 1. The van der Waals surface area contributed by atoms with Crippen molar-refractivity contribution in [2.75, 3.05) is 6.61 Å². The summed E-state index contributed by atoms with van der Waals surface area (Å²) in [4.78, 5) is 17.0. The number of fused-ring (bicyclic) bond motifs is 1. The van der Waals surface area contributed by atoms with Gasteiger partial charge >= 0.3 is 6.09 Å². The van der Waals surface area contributed by atoms with Crippen molar-refractivity contribution >= 4 is 6.09 Å². The molecule has 5 nitrogen and oxygen atoms in total. The minimum atomic E-state index is -1.02. The third-order valence-corrected chi connectivity index (χ3v) is 4.29. The number of nitrogens with zero attached hydrogens (tertiary/aromatic N) is 1. The maximum atomic E-state index is 14.3. The van der Waals surface area contributed by atoms with Gasteiger partial charge in [0.1, 0.15) is 28.4 Å². The summed E-state index contributed by atoms with van der Waals surface area (Å²) in [5.74, 6) is 0.229. The Bertz CT molecular complexity index is 832. The van der Waals surface area contributed by atoms with Gasteiger partial charge in [-0.25, -0.2) is 9.18 Å². The van der Waals surface area contributed by atoms with E-state index in [-0.39, 0.29) is 5.82 Å². The van der Waals surface area contributed by atoms with E-state index in [1.807, 2.05) is 0 Å². The molecular weight excluding hydrogens is 335 g/mol. The lowest BCUT2D eigenvalue weighted by molar-refractivity contribution is 0.0443. The highest BCUT2D eigenvalue weighted by atomic mass is 19.1. The van der Waals surface area contributed by atoms with Crippen LogP contribution in [0.15, 0.2) is 36.5 Å². The van der Waals surface area contributed by atoms with Gasteiger partial charge in [-0.15, -0.1) is 0 Å².